The Bertz CT molecular complexity index is 204. The van der Waals surface area contributed by atoms with Crippen molar-refractivity contribution in [3.05, 3.63) is 0 Å². The van der Waals surface area contributed by atoms with Gasteiger partial charge in [-0.1, -0.05) is 0 Å². The van der Waals surface area contributed by atoms with E-state index in [0.29, 0.717) is 0 Å². The maximum atomic E-state index is 11.0. The molecule has 0 rings (SSSR count). The molecule has 2 unspecified atom stereocenters. The number of aliphatic hydroxyl groups excluding tert-OH is 1. The molecule has 0 aromatic rings. The number of aliphatic hydroxyl groups is 1. The number of hydrogen-bond donors (Lipinski definition) is 1. The third kappa shape index (κ3) is 5.04. The Kier molecular flexibility index (Phi) is 6.23. The van der Waals surface area contributed by atoms with Crippen LogP contribution in [0, 0.1) is 0 Å². The molecule has 0 saturated heterocycles. The molecule has 0 aliphatic heterocycles. The molecule has 0 amide bonds. The van der Waals surface area contributed by atoms with Gasteiger partial charge in [0.1, 0.15) is 12.7 Å². The zero-order valence-electron chi connectivity index (χ0n) is 8.03. The lowest BCUT2D eigenvalue weighted by Crippen LogP contribution is -2.31. The Hall–Kier alpha value is -0.810. The molecule has 2 atom stereocenters. The monoisotopic (exact) mass is 224 g/mol. The Balaban J connectivity index is 3.89. The van der Waals surface area contributed by atoms with E-state index in [0.717, 1.165) is 0 Å². The molecule has 0 bridgehead atoms. The molecule has 0 fully saturated rings. The molecule has 5 nitrogen and oxygen atoms in total. The van der Waals surface area contributed by atoms with Crippen LogP contribution < -0.4 is 0 Å². The van der Waals surface area contributed by atoms with Gasteiger partial charge in [-0.15, -0.1) is 11.6 Å². The fourth-order valence-electron chi connectivity index (χ4n) is 0.577. The van der Waals surface area contributed by atoms with Crippen molar-refractivity contribution in [1.29, 1.82) is 0 Å². The minimum absolute atomic E-state index is 0.0664. The predicted octanol–water partition coefficient (Wildman–Crippen LogP) is 0.0809. The maximum absolute atomic E-state index is 11.0. The van der Waals surface area contributed by atoms with Crippen LogP contribution in [0.15, 0.2) is 0 Å². The molecule has 0 radical (unpaired) electrons. The molecular weight excluding hydrogens is 212 g/mol. The van der Waals surface area contributed by atoms with Gasteiger partial charge in [0.15, 0.2) is 6.10 Å². The Labute approximate surface area is 86.9 Å². The van der Waals surface area contributed by atoms with Gasteiger partial charge in [-0.3, -0.25) is 0 Å². The summed E-state index contributed by atoms with van der Waals surface area (Å²) < 4.78 is 9.17. The molecule has 0 aliphatic rings. The molecule has 0 saturated carbocycles. The van der Waals surface area contributed by atoms with Crippen LogP contribution in [0.2, 0.25) is 0 Å². The van der Waals surface area contributed by atoms with E-state index in [4.69, 9.17) is 16.7 Å². The van der Waals surface area contributed by atoms with E-state index in [1.807, 2.05) is 0 Å². The zero-order chi connectivity index (χ0) is 11.1. The Morgan fingerprint density at radius 2 is 1.93 bits per heavy atom. The molecule has 0 aromatic carbocycles. The number of carbonyl (C=O) groups excluding carboxylic acids is 2. The average Bonchev–Trinajstić information content (AvgIpc) is 2.13. The van der Waals surface area contributed by atoms with Crippen molar-refractivity contribution in [2.45, 2.75) is 26.1 Å². The van der Waals surface area contributed by atoms with Crippen molar-refractivity contribution in [2.24, 2.45) is 0 Å². The number of hydrogen-bond acceptors (Lipinski definition) is 5. The molecule has 14 heavy (non-hydrogen) atoms. The summed E-state index contributed by atoms with van der Waals surface area (Å²) in [5.74, 6) is -1.36. The first-order valence-corrected chi connectivity index (χ1v) is 4.63. The van der Waals surface area contributed by atoms with Crippen LogP contribution in [-0.4, -0.2) is 41.7 Å². The van der Waals surface area contributed by atoms with Gasteiger partial charge in [0, 0.05) is 0 Å². The predicted molar refractivity (Wildman–Crippen MR) is 48.9 cm³/mol. The Morgan fingerprint density at radius 3 is 2.36 bits per heavy atom. The third-order valence-corrected chi connectivity index (χ3v) is 1.44. The first-order chi connectivity index (χ1) is 6.49. The van der Waals surface area contributed by atoms with Crippen LogP contribution in [0.1, 0.15) is 13.8 Å². The second-order valence-corrected chi connectivity index (χ2v) is 2.99. The zero-order valence-corrected chi connectivity index (χ0v) is 8.78. The van der Waals surface area contributed by atoms with Crippen LogP contribution >= 0.6 is 11.6 Å². The molecule has 0 aromatic heterocycles. The topological polar surface area (TPSA) is 72.8 Å². The lowest BCUT2D eigenvalue weighted by molar-refractivity contribution is -0.170. The van der Waals surface area contributed by atoms with Crippen LogP contribution in [-0.2, 0) is 19.1 Å². The lowest BCUT2D eigenvalue weighted by atomic mass is 10.4. The van der Waals surface area contributed by atoms with Gasteiger partial charge in [-0.2, -0.15) is 0 Å². The number of esters is 2. The fourth-order valence-corrected chi connectivity index (χ4v) is 0.654. The van der Waals surface area contributed by atoms with E-state index in [9.17, 15) is 9.59 Å². The van der Waals surface area contributed by atoms with E-state index >= 15 is 0 Å². The van der Waals surface area contributed by atoms with Gasteiger partial charge in [0.2, 0.25) is 0 Å². The van der Waals surface area contributed by atoms with E-state index in [1.54, 1.807) is 0 Å². The SMILES string of the molecule is CC(O)C(=O)OC(C)C(=O)OCCCl. The summed E-state index contributed by atoms with van der Waals surface area (Å²) in [5.41, 5.74) is 0. The van der Waals surface area contributed by atoms with Crippen molar-refractivity contribution >= 4 is 23.5 Å². The molecule has 82 valence electrons. The summed E-state index contributed by atoms with van der Waals surface area (Å²) in [5, 5.41) is 8.78. The highest BCUT2D eigenvalue weighted by Gasteiger charge is 2.21. The molecule has 1 N–H and O–H groups in total. The fraction of sp³-hybridized carbons (Fsp3) is 0.750. The van der Waals surface area contributed by atoms with E-state index < -0.39 is 24.1 Å². The quantitative estimate of drug-likeness (QED) is 0.529. The standard InChI is InChI=1S/C8H13ClO5/c1-5(10)7(11)14-6(2)8(12)13-4-3-9/h5-6,10H,3-4H2,1-2H3. The van der Waals surface area contributed by atoms with Gasteiger partial charge in [0.05, 0.1) is 5.88 Å². The van der Waals surface area contributed by atoms with Crippen molar-refractivity contribution in [3.63, 3.8) is 0 Å². The van der Waals surface area contributed by atoms with Gasteiger partial charge in [-0.25, -0.2) is 9.59 Å². The summed E-state index contributed by atoms with van der Waals surface area (Å²) in [4.78, 5) is 21.8. The van der Waals surface area contributed by atoms with Crippen LogP contribution in [0.25, 0.3) is 0 Å². The van der Waals surface area contributed by atoms with Gasteiger partial charge in [-0.05, 0) is 13.8 Å². The van der Waals surface area contributed by atoms with Crippen molar-refractivity contribution in [2.75, 3.05) is 12.5 Å². The highest BCUT2D eigenvalue weighted by molar-refractivity contribution is 6.18. The number of carbonyl (C=O) groups is 2. The van der Waals surface area contributed by atoms with Gasteiger partial charge < -0.3 is 14.6 Å². The van der Waals surface area contributed by atoms with E-state index in [2.05, 4.69) is 9.47 Å². The second-order valence-electron chi connectivity index (χ2n) is 2.61. The van der Waals surface area contributed by atoms with Crippen LogP contribution in [0.3, 0.4) is 0 Å². The minimum atomic E-state index is -1.25. The summed E-state index contributed by atoms with van der Waals surface area (Å²) >= 11 is 5.28. The normalized spacial score (nSPS) is 14.3. The summed E-state index contributed by atoms with van der Waals surface area (Å²) in [6.07, 6.45) is -2.28. The summed E-state index contributed by atoms with van der Waals surface area (Å²) in [7, 11) is 0. The highest BCUT2D eigenvalue weighted by atomic mass is 35.5. The molecule has 0 aliphatic carbocycles. The molecule has 0 heterocycles. The van der Waals surface area contributed by atoms with Crippen molar-refractivity contribution < 1.29 is 24.2 Å². The van der Waals surface area contributed by atoms with E-state index in [1.165, 1.54) is 13.8 Å². The first-order valence-electron chi connectivity index (χ1n) is 4.10. The first kappa shape index (κ1) is 13.2. The smallest absolute Gasteiger partial charge is 0.347 e. The molecular formula is C8H13ClO5. The van der Waals surface area contributed by atoms with Gasteiger partial charge in [0.25, 0.3) is 0 Å². The van der Waals surface area contributed by atoms with E-state index in [-0.39, 0.29) is 12.5 Å². The molecule has 6 heteroatoms. The Morgan fingerprint density at radius 1 is 1.36 bits per heavy atom. The third-order valence-electron chi connectivity index (χ3n) is 1.29. The average molecular weight is 225 g/mol. The second kappa shape index (κ2) is 6.62. The highest BCUT2D eigenvalue weighted by Crippen LogP contribution is 1.98. The number of rotatable bonds is 5. The largest absolute Gasteiger partial charge is 0.462 e. The maximum Gasteiger partial charge on any atom is 0.347 e. The summed E-state index contributed by atoms with van der Waals surface area (Å²) in [6.45, 7) is 2.67. The number of ether oxygens (including phenoxy) is 2. The van der Waals surface area contributed by atoms with Crippen LogP contribution in [0.4, 0.5) is 0 Å². The lowest BCUT2D eigenvalue weighted by Gasteiger charge is -2.12. The van der Waals surface area contributed by atoms with Crippen molar-refractivity contribution in [3.8, 4) is 0 Å². The number of alkyl halides is 1. The van der Waals surface area contributed by atoms with Gasteiger partial charge >= 0.3 is 11.9 Å². The summed E-state index contributed by atoms with van der Waals surface area (Å²) in [6, 6.07) is 0. The van der Waals surface area contributed by atoms with Crippen LogP contribution in [0.5, 0.6) is 0 Å². The van der Waals surface area contributed by atoms with Crippen molar-refractivity contribution in [1.82, 2.24) is 0 Å². The number of halogens is 1. The minimum Gasteiger partial charge on any atom is -0.462 e. The molecule has 0 spiro atoms.